The summed E-state index contributed by atoms with van der Waals surface area (Å²) in [5.74, 6) is 1.25. The Labute approximate surface area is 138 Å². The van der Waals surface area contributed by atoms with Crippen LogP contribution in [0.1, 0.15) is 57.9 Å². The summed E-state index contributed by atoms with van der Waals surface area (Å²) in [4.78, 5) is 11.8. The van der Waals surface area contributed by atoms with E-state index in [1.807, 2.05) is 33.8 Å². The first-order valence-corrected chi connectivity index (χ1v) is 8.46. The van der Waals surface area contributed by atoms with Crippen LogP contribution < -0.4 is 10.6 Å². The number of rotatable bonds is 5. The Morgan fingerprint density at radius 1 is 1.39 bits per heavy atom. The zero-order valence-electron chi connectivity index (χ0n) is 14.6. The van der Waals surface area contributed by atoms with Crippen LogP contribution in [-0.2, 0) is 11.3 Å². The van der Waals surface area contributed by atoms with Gasteiger partial charge in [0.25, 0.3) is 0 Å². The molecule has 0 aliphatic heterocycles. The lowest BCUT2D eigenvalue weighted by Gasteiger charge is -2.32. The summed E-state index contributed by atoms with van der Waals surface area (Å²) >= 11 is 0. The fourth-order valence-electron chi connectivity index (χ4n) is 2.99. The summed E-state index contributed by atoms with van der Waals surface area (Å²) in [5.41, 5.74) is 0.464. The van der Waals surface area contributed by atoms with Gasteiger partial charge in [-0.05, 0) is 46.5 Å². The molecule has 0 bridgehead atoms. The van der Waals surface area contributed by atoms with Gasteiger partial charge in [0.15, 0.2) is 0 Å². The molecule has 2 N–H and O–H groups in total. The Hall–Kier alpha value is -1.56. The standard InChI is InChI=1S/C17H29N3O3/c1-12-9-14(20-23-12)11-18-15-8-6-5-7-13(15)10-19-16(21)22-17(2,3)4/h9,13,15,18H,5-8,10-11H2,1-4H3,(H,19,21). The number of aromatic nitrogens is 1. The van der Waals surface area contributed by atoms with Crippen molar-refractivity contribution in [2.45, 2.75) is 71.6 Å². The van der Waals surface area contributed by atoms with Gasteiger partial charge in [-0.15, -0.1) is 0 Å². The number of aryl methyl sites for hydroxylation is 1. The molecule has 1 saturated carbocycles. The fourth-order valence-corrected chi connectivity index (χ4v) is 2.99. The Morgan fingerprint density at radius 3 is 2.78 bits per heavy atom. The molecule has 1 aromatic rings. The van der Waals surface area contributed by atoms with E-state index in [9.17, 15) is 4.79 Å². The first-order valence-electron chi connectivity index (χ1n) is 8.46. The maximum absolute atomic E-state index is 11.8. The molecule has 1 fully saturated rings. The van der Waals surface area contributed by atoms with E-state index in [0.717, 1.165) is 24.3 Å². The monoisotopic (exact) mass is 323 g/mol. The van der Waals surface area contributed by atoms with Gasteiger partial charge in [-0.3, -0.25) is 0 Å². The van der Waals surface area contributed by atoms with Crippen LogP contribution in [0.25, 0.3) is 0 Å². The van der Waals surface area contributed by atoms with Crippen molar-refractivity contribution in [2.24, 2.45) is 5.92 Å². The van der Waals surface area contributed by atoms with Crippen LogP contribution in [0.2, 0.25) is 0 Å². The van der Waals surface area contributed by atoms with E-state index in [1.165, 1.54) is 12.8 Å². The van der Waals surface area contributed by atoms with E-state index in [0.29, 0.717) is 25.0 Å². The zero-order chi connectivity index (χ0) is 16.9. The van der Waals surface area contributed by atoms with Crippen molar-refractivity contribution in [1.29, 1.82) is 0 Å². The van der Waals surface area contributed by atoms with Crippen molar-refractivity contribution in [3.63, 3.8) is 0 Å². The van der Waals surface area contributed by atoms with E-state index >= 15 is 0 Å². The smallest absolute Gasteiger partial charge is 0.407 e. The molecule has 0 aromatic carbocycles. The molecule has 2 atom stereocenters. The highest BCUT2D eigenvalue weighted by atomic mass is 16.6. The molecule has 2 rings (SSSR count). The molecule has 6 nitrogen and oxygen atoms in total. The number of alkyl carbamates (subject to hydrolysis) is 1. The lowest BCUT2D eigenvalue weighted by atomic mass is 9.84. The molecule has 6 heteroatoms. The van der Waals surface area contributed by atoms with E-state index in [1.54, 1.807) is 0 Å². The number of hydrogen-bond donors (Lipinski definition) is 2. The van der Waals surface area contributed by atoms with Crippen LogP contribution in [-0.4, -0.2) is 29.4 Å². The number of nitrogens with zero attached hydrogens (tertiary/aromatic N) is 1. The van der Waals surface area contributed by atoms with Gasteiger partial charge in [-0.25, -0.2) is 4.79 Å². The van der Waals surface area contributed by atoms with Crippen LogP contribution in [0, 0.1) is 12.8 Å². The van der Waals surface area contributed by atoms with Gasteiger partial charge in [0.2, 0.25) is 0 Å². The van der Waals surface area contributed by atoms with Gasteiger partial charge < -0.3 is 19.9 Å². The first-order chi connectivity index (χ1) is 10.8. The minimum Gasteiger partial charge on any atom is -0.444 e. The summed E-state index contributed by atoms with van der Waals surface area (Å²) in [6.45, 7) is 8.85. The Morgan fingerprint density at radius 2 is 2.13 bits per heavy atom. The fraction of sp³-hybridized carbons (Fsp3) is 0.765. The van der Waals surface area contributed by atoms with E-state index in [-0.39, 0.29) is 6.09 Å². The van der Waals surface area contributed by atoms with Crippen LogP contribution in [0.3, 0.4) is 0 Å². The SMILES string of the molecule is Cc1cc(CNC2CCCCC2CNC(=O)OC(C)(C)C)no1. The lowest BCUT2D eigenvalue weighted by Crippen LogP contribution is -2.44. The highest BCUT2D eigenvalue weighted by molar-refractivity contribution is 5.67. The zero-order valence-corrected chi connectivity index (χ0v) is 14.6. The summed E-state index contributed by atoms with van der Waals surface area (Å²) < 4.78 is 10.4. The molecular weight excluding hydrogens is 294 g/mol. The average Bonchev–Trinajstić information content (AvgIpc) is 2.87. The summed E-state index contributed by atoms with van der Waals surface area (Å²) in [6.07, 6.45) is 4.33. The topological polar surface area (TPSA) is 76.4 Å². The molecule has 0 saturated heterocycles. The predicted octanol–water partition coefficient (Wildman–Crippen LogP) is 3.16. The van der Waals surface area contributed by atoms with E-state index < -0.39 is 5.60 Å². The summed E-state index contributed by atoms with van der Waals surface area (Å²) in [7, 11) is 0. The van der Waals surface area contributed by atoms with Gasteiger partial charge in [-0.2, -0.15) is 0 Å². The number of nitrogens with one attached hydrogen (secondary N) is 2. The molecule has 1 amide bonds. The Balaban J connectivity index is 1.79. The minimum atomic E-state index is -0.459. The van der Waals surface area contributed by atoms with E-state index in [2.05, 4.69) is 15.8 Å². The molecular formula is C17H29N3O3. The third-order valence-corrected chi connectivity index (χ3v) is 4.04. The van der Waals surface area contributed by atoms with Crippen LogP contribution >= 0.6 is 0 Å². The summed E-state index contributed by atoms with van der Waals surface area (Å²) in [5, 5.41) is 10.5. The maximum Gasteiger partial charge on any atom is 0.407 e. The molecule has 23 heavy (non-hydrogen) atoms. The molecule has 2 unspecified atom stereocenters. The normalized spacial score (nSPS) is 21.9. The van der Waals surface area contributed by atoms with Crippen molar-refractivity contribution < 1.29 is 14.1 Å². The molecule has 0 spiro atoms. The molecule has 130 valence electrons. The van der Waals surface area contributed by atoms with Gasteiger partial charge >= 0.3 is 6.09 Å². The summed E-state index contributed by atoms with van der Waals surface area (Å²) in [6, 6.07) is 2.33. The highest BCUT2D eigenvalue weighted by Crippen LogP contribution is 2.24. The van der Waals surface area contributed by atoms with Crippen LogP contribution in [0.15, 0.2) is 10.6 Å². The lowest BCUT2D eigenvalue weighted by molar-refractivity contribution is 0.0510. The first kappa shape index (κ1) is 17.8. The number of carbonyl (C=O) groups excluding carboxylic acids is 1. The minimum absolute atomic E-state index is 0.339. The van der Waals surface area contributed by atoms with Gasteiger partial charge in [0.1, 0.15) is 11.4 Å². The maximum atomic E-state index is 11.8. The molecule has 1 aromatic heterocycles. The number of ether oxygens (including phenoxy) is 1. The second-order valence-corrected chi connectivity index (χ2v) is 7.34. The largest absolute Gasteiger partial charge is 0.444 e. The van der Waals surface area contributed by atoms with Crippen molar-refractivity contribution in [1.82, 2.24) is 15.8 Å². The van der Waals surface area contributed by atoms with Crippen molar-refractivity contribution in [2.75, 3.05) is 6.54 Å². The van der Waals surface area contributed by atoms with Crippen molar-refractivity contribution in [3.8, 4) is 0 Å². The van der Waals surface area contributed by atoms with Crippen LogP contribution in [0.5, 0.6) is 0 Å². The van der Waals surface area contributed by atoms with Gasteiger partial charge in [-0.1, -0.05) is 18.0 Å². The van der Waals surface area contributed by atoms with Crippen molar-refractivity contribution >= 4 is 6.09 Å². The molecule has 1 heterocycles. The number of amides is 1. The molecule has 0 radical (unpaired) electrons. The quantitative estimate of drug-likeness (QED) is 0.870. The third-order valence-electron chi connectivity index (χ3n) is 4.04. The molecule has 1 aliphatic rings. The Bertz CT molecular complexity index is 507. The average molecular weight is 323 g/mol. The van der Waals surface area contributed by atoms with E-state index in [4.69, 9.17) is 9.26 Å². The second kappa shape index (κ2) is 7.81. The molecule has 1 aliphatic carbocycles. The van der Waals surface area contributed by atoms with Gasteiger partial charge in [0, 0.05) is 25.2 Å². The predicted molar refractivity (Wildman–Crippen MR) is 88.1 cm³/mol. The van der Waals surface area contributed by atoms with Gasteiger partial charge in [0.05, 0.1) is 5.69 Å². The van der Waals surface area contributed by atoms with Crippen molar-refractivity contribution in [3.05, 3.63) is 17.5 Å². The number of hydrogen-bond acceptors (Lipinski definition) is 5. The Kier molecular flexibility index (Phi) is 6.04. The third kappa shape index (κ3) is 6.22. The highest BCUT2D eigenvalue weighted by Gasteiger charge is 2.26. The number of carbonyl (C=O) groups is 1. The van der Waals surface area contributed by atoms with Crippen LogP contribution in [0.4, 0.5) is 4.79 Å². The second-order valence-electron chi connectivity index (χ2n) is 7.34.